The van der Waals surface area contributed by atoms with E-state index in [1.54, 1.807) is 45.6 Å². The molecule has 1 aliphatic heterocycles. The predicted octanol–water partition coefficient (Wildman–Crippen LogP) is 7.50. The van der Waals surface area contributed by atoms with E-state index in [0.29, 0.717) is 29.0 Å². The van der Waals surface area contributed by atoms with Gasteiger partial charge < -0.3 is 29.9 Å². The first-order chi connectivity index (χ1) is 24.7. The second kappa shape index (κ2) is 16.6. The van der Waals surface area contributed by atoms with Crippen LogP contribution < -0.4 is 15.4 Å². The summed E-state index contributed by atoms with van der Waals surface area (Å²) in [5, 5.41) is 7.08. The Morgan fingerprint density at radius 3 is 2.42 bits per heavy atom. The Morgan fingerprint density at radius 1 is 1.02 bits per heavy atom. The van der Waals surface area contributed by atoms with Crippen molar-refractivity contribution in [3.63, 3.8) is 0 Å². The van der Waals surface area contributed by atoms with E-state index in [-0.39, 0.29) is 24.1 Å². The smallest absolute Gasteiger partial charge is 0.410 e. The van der Waals surface area contributed by atoms with Gasteiger partial charge in [-0.1, -0.05) is 41.9 Å². The van der Waals surface area contributed by atoms with Crippen LogP contribution in [0.3, 0.4) is 0 Å². The molecule has 12 heteroatoms. The molecule has 0 saturated carbocycles. The monoisotopic (exact) mass is 726 g/mol. The quantitative estimate of drug-likeness (QED) is 0.172. The molecule has 2 aromatic carbocycles. The van der Waals surface area contributed by atoms with E-state index in [1.807, 2.05) is 75.1 Å². The molecule has 0 radical (unpaired) electrons. The van der Waals surface area contributed by atoms with Gasteiger partial charge in [0.05, 0.1) is 24.4 Å². The summed E-state index contributed by atoms with van der Waals surface area (Å²) < 4.78 is 11.2. The summed E-state index contributed by atoms with van der Waals surface area (Å²) in [6.45, 7) is 11.5. The number of halogens is 1. The maximum atomic E-state index is 13.3. The van der Waals surface area contributed by atoms with Crippen LogP contribution in [-0.4, -0.2) is 76.6 Å². The normalized spacial score (nSPS) is 13.4. The number of aromatic nitrogens is 2. The lowest BCUT2D eigenvalue weighted by Crippen LogP contribution is -2.43. The molecule has 11 nitrogen and oxygen atoms in total. The molecule has 0 bridgehead atoms. The van der Waals surface area contributed by atoms with E-state index >= 15 is 0 Å². The highest BCUT2D eigenvalue weighted by Crippen LogP contribution is 2.39. The number of methoxy groups -OCH3 is 1. The molecule has 0 atom stereocenters. The number of nitrogens with one attached hydrogen (secondary N) is 2. The third-order valence-electron chi connectivity index (χ3n) is 9.03. The maximum absolute atomic E-state index is 13.3. The maximum Gasteiger partial charge on any atom is 0.410 e. The second-order valence-corrected chi connectivity index (χ2v) is 14.4. The number of rotatable bonds is 10. The number of carbonyl (C=O) groups excluding carboxylic acids is 3. The zero-order valence-electron chi connectivity index (χ0n) is 30.9. The number of ether oxygens (including phenoxy) is 2. The van der Waals surface area contributed by atoms with Gasteiger partial charge in [0, 0.05) is 74.4 Å². The van der Waals surface area contributed by atoms with Crippen LogP contribution in [0, 0.1) is 6.92 Å². The molecule has 4 aromatic rings. The first-order valence-electron chi connectivity index (χ1n) is 17.3. The van der Waals surface area contributed by atoms with Crippen molar-refractivity contribution in [1.29, 1.82) is 0 Å². The fraction of sp³-hybridized carbons (Fsp3) is 0.375. The molecular weight excluding hydrogens is 680 g/mol. The Kier molecular flexibility index (Phi) is 12.2. The summed E-state index contributed by atoms with van der Waals surface area (Å²) >= 11 is 7.06. The van der Waals surface area contributed by atoms with Crippen LogP contribution in [0.5, 0.6) is 5.75 Å². The number of hydrogen-bond donors (Lipinski definition) is 2. The van der Waals surface area contributed by atoms with E-state index in [0.717, 1.165) is 65.1 Å². The van der Waals surface area contributed by atoms with Crippen molar-refractivity contribution in [2.45, 2.75) is 72.2 Å². The summed E-state index contributed by atoms with van der Waals surface area (Å²) in [6, 6.07) is 17.2. The highest BCUT2D eigenvalue weighted by Gasteiger charge is 2.22. The summed E-state index contributed by atoms with van der Waals surface area (Å²) in [7, 11) is 3.30. The van der Waals surface area contributed by atoms with Gasteiger partial charge in [0.2, 0.25) is 5.91 Å². The number of nitrogens with zero attached hydrogens (tertiary/aromatic N) is 4. The van der Waals surface area contributed by atoms with E-state index in [1.165, 1.54) is 4.90 Å². The predicted molar refractivity (Wildman–Crippen MR) is 203 cm³/mol. The van der Waals surface area contributed by atoms with E-state index < -0.39 is 11.7 Å². The Morgan fingerprint density at radius 2 is 1.77 bits per heavy atom. The lowest BCUT2D eigenvalue weighted by atomic mass is 9.97. The van der Waals surface area contributed by atoms with Gasteiger partial charge in [-0.25, -0.2) is 4.79 Å². The highest BCUT2D eigenvalue weighted by molar-refractivity contribution is 6.35. The third kappa shape index (κ3) is 9.45. The van der Waals surface area contributed by atoms with Gasteiger partial charge in [-0.3, -0.25) is 19.6 Å². The van der Waals surface area contributed by atoms with Gasteiger partial charge in [0.1, 0.15) is 17.0 Å². The largest absolute Gasteiger partial charge is 0.496 e. The Hall–Kier alpha value is -5.00. The number of anilines is 1. The number of amides is 3. The summed E-state index contributed by atoms with van der Waals surface area (Å²) in [5.74, 6) is 0.491. The van der Waals surface area contributed by atoms with Crippen LogP contribution in [0.2, 0.25) is 5.02 Å². The molecular formula is C40H47ClN6O5. The summed E-state index contributed by atoms with van der Waals surface area (Å²) in [4.78, 5) is 49.6. The lowest BCUT2D eigenvalue weighted by molar-refractivity contribution is -0.129. The van der Waals surface area contributed by atoms with Crippen LogP contribution in [0.25, 0.3) is 22.4 Å². The minimum absolute atomic E-state index is 0.126. The van der Waals surface area contributed by atoms with Crippen molar-refractivity contribution in [3.05, 3.63) is 94.4 Å². The fourth-order valence-electron chi connectivity index (χ4n) is 6.12. The van der Waals surface area contributed by atoms with Crippen molar-refractivity contribution >= 4 is 35.2 Å². The van der Waals surface area contributed by atoms with Crippen molar-refractivity contribution in [2.24, 2.45) is 0 Å². The van der Waals surface area contributed by atoms with Gasteiger partial charge in [0.25, 0.3) is 5.91 Å². The fourth-order valence-corrected chi connectivity index (χ4v) is 6.45. The van der Waals surface area contributed by atoms with Crippen LogP contribution in [-0.2, 0) is 22.6 Å². The Bertz CT molecular complexity index is 1920. The van der Waals surface area contributed by atoms with Crippen LogP contribution in [0.4, 0.5) is 10.5 Å². The molecule has 1 saturated heterocycles. The summed E-state index contributed by atoms with van der Waals surface area (Å²) in [5.41, 5.74) is 5.94. The molecule has 0 aliphatic carbocycles. The number of pyridine rings is 2. The van der Waals surface area contributed by atoms with Crippen molar-refractivity contribution in [3.8, 4) is 28.1 Å². The zero-order chi connectivity index (χ0) is 37.6. The SMILES string of the molecule is COc1cc(-c2nccc(-c3cccc(NC(=O)c4ccc(CN(C)C(=O)OC(C)(C)C)cn4)c3C)c2Cl)ccc1CNC1CCN(C(C)=O)CC1. The molecule has 0 spiro atoms. The Labute approximate surface area is 310 Å². The molecule has 5 rings (SSSR count). The van der Waals surface area contributed by atoms with Gasteiger partial charge >= 0.3 is 6.09 Å². The molecule has 2 aromatic heterocycles. The highest BCUT2D eigenvalue weighted by atomic mass is 35.5. The molecule has 2 N–H and O–H groups in total. The number of benzene rings is 2. The topological polar surface area (TPSA) is 126 Å². The Balaban J connectivity index is 1.28. The molecule has 274 valence electrons. The molecule has 52 heavy (non-hydrogen) atoms. The van der Waals surface area contributed by atoms with Crippen LogP contribution in [0.1, 0.15) is 67.7 Å². The molecule has 1 aliphatic rings. The zero-order valence-corrected chi connectivity index (χ0v) is 31.6. The van der Waals surface area contributed by atoms with E-state index in [9.17, 15) is 14.4 Å². The van der Waals surface area contributed by atoms with E-state index in [2.05, 4.69) is 20.6 Å². The second-order valence-electron chi connectivity index (χ2n) is 14.0. The molecule has 3 heterocycles. The summed E-state index contributed by atoms with van der Waals surface area (Å²) in [6.07, 6.45) is 4.69. The van der Waals surface area contributed by atoms with Gasteiger partial charge in [0.15, 0.2) is 0 Å². The van der Waals surface area contributed by atoms with E-state index in [4.69, 9.17) is 21.1 Å². The standard InChI is InChI=1S/C40H47ClN6O5/c1-25-31(9-8-10-33(25)45-38(49)34-14-11-27(22-44-34)24-46(6)39(50)52-40(3,4)5)32-15-18-42-37(36(32)41)28-12-13-29(35(21-28)51-7)23-43-30-16-19-47(20-17-30)26(2)48/h8-15,18,21-22,30,43H,16-17,19-20,23-24H2,1-7H3,(H,45,49). The minimum Gasteiger partial charge on any atom is -0.496 e. The molecule has 3 amide bonds. The number of carbonyl (C=O) groups is 3. The first-order valence-corrected chi connectivity index (χ1v) is 17.7. The van der Waals surface area contributed by atoms with Crippen molar-refractivity contribution in [2.75, 3.05) is 32.6 Å². The van der Waals surface area contributed by atoms with Gasteiger partial charge in [-0.2, -0.15) is 0 Å². The lowest BCUT2D eigenvalue weighted by Gasteiger charge is -2.32. The molecule has 1 fully saturated rings. The average molecular weight is 727 g/mol. The number of piperidine rings is 1. The minimum atomic E-state index is -0.594. The van der Waals surface area contributed by atoms with Gasteiger partial charge in [-0.15, -0.1) is 0 Å². The van der Waals surface area contributed by atoms with Crippen LogP contribution >= 0.6 is 11.6 Å². The van der Waals surface area contributed by atoms with Gasteiger partial charge in [-0.05, 0) is 81.5 Å². The third-order valence-corrected chi connectivity index (χ3v) is 9.41. The van der Waals surface area contributed by atoms with Crippen molar-refractivity contribution < 1.29 is 23.9 Å². The number of likely N-dealkylation sites (tertiary alicyclic amines) is 1. The molecule has 0 unspecified atom stereocenters. The first kappa shape index (κ1) is 38.2. The number of hydrogen-bond acceptors (Lipinski definition) is 8. The van der Waals surface area contributed by atoms with Crippen molar-refractivity contribution in [1.82, 2.24) is 25.1 Å². The average Bonchev–Trinajstić information content (AvgIpc) is 3.11. The van der Waals surface area contributed by atoms with Crippen LogP contribution in [0.15, 0.2) is 67.0 Å².